The van der Waals surface area contributed by atoms with Gasteiger partial charge in [-0.2, -0.15) is 10.1 Å². The molecule has 128 valence electrons. The molecule has 1 heterocycles. The van der Waals surface area contributed by atoms with Crippen molar-refractivity contribution in [1.29, 1.82) is 0 Å². The summed E-state index contributed by atoms with van der Waals surface area (Å²) in [6.45, 7) is 0. The number of aromatic hydroxyl groups is 2. The van der Waals surface area contributed by atoms with Gasteiger partial charge < -0.3 is 10.2 Å². The van der Waals surface area contributed by atoms with Crippen LogP contribution in [-0.4, -0.2) is 33.3 Å². The molecule has 7 heteroatoms. The Kier molecular flexibility index (Phi) is 2.99. The first-order valence-electron chi connectivity index (χ1n) is 8.29. The smallest absolute Gasteiger partial charge is 0.254 e. The normalized spacial score (nSPS) is 37.7. The van der Waals surface area contributed by atoms with Crippen molar-refractivity contribution in [3.8, 4) is 11.5 Å². The number of hydrogen-bond acceptors (Lipinski definition) is 5. The Morgan fingerprint density at radius 3 is 2.24 bits per heavy atom. The predicted octanol–water partition coefficient (Wildman–Crippen LogP) is 2.25. The zero-order chi connectivity index (χ0) is 17.5. The predicted molar refractivity (Wildman–Crippen MR) is 91.6 cm³/mol. The molecule has 0 unspecified atom stereocenters. The van der Waals surface area contributed by atoms with E-state index in [9.17, 15) is 19.8 Å². The number of hydrogen-bond donors (Lipinski definition) is 2. The third-order valence-electron chi connectivity index (χ3n) is 6.05. The molecule has 1 aromatic rings. The first-order chi connectivity index (χ1) is 12.0. The molecule has 0 aromatic heterocycles. The van der Waals surface area contributed by atoms with Gasteiger partial charge in [0.1, 0.15) is 11.5 Å². The van der Waals surface area contributed by atoms with Crippen molar-refractivity contribution in [1.82, 2.24) is 5.01 Å². The summed E-state index contributed by atoms with van der Waals surface area (Å²) in [6, 6.07) is 2.66. The molecular weight excluding hydrogens is 388 g/mol. The number of allylic oxidation sites excluding steroid dienone is 2. The second-order valence-corrected chi connectivity index (χ2v) is 8.10. The number of phenols is 2. The second kappa shape index (κ2) is 4.94. The molecule has 2 amide bonds. The van der Waals surface area contributed by atoms with Crippen molar-refractivity contribution in [2.24, 2.45) is 40.6 Å². The minimum absolute atomic E-state index is 0.101. The van der Waals surface area contributed by atoms with Gasteiger partial charge in [0.15, 0.2) is 0 Å². The summed E-state index contributed by atoms with van der Waals surface area (Å²) in [7, 11) is 0. The Morgan fingerprint density at radius 1 is 1.04 bits per heavy atom. The minimum Gasteiger partial charge on any atom is -0.507 e. The third-order valence-corrected chi connectivity index (χ3v) is 6.68. The zero-order valence-electron chi connectivity index (χ0n) is 13.0. The van der Waals surface area contributed by atoms with Crippen LogP contribution in [-0.2, 0) is 9.59 Å². The van der Waals surface area contributed by atoms with Crippen molar-refractivity contribution in [3.05, 3.63) is 34.3 Å². The SMILES string of the molecule is O=C1[C@@H]2[C@@H]3C=C[C@H]([C@H]4C[C@H]34)[C@@H]2C(=O)N1/N=C\c1cc(Br)c(O)cc1O. The summed E-state index contributed by atoms with van der Waals surface area (Å²) in [6.07, 6.45) is 6.62. The molecule has 1 aliphatic heterocycles. The van der Waals surface area contributed by atoms with Crippen molar-refractivity contribution in [3.63, 3.8) is 0 Å². The Hall–Kier alpha value is -2.15. The Balaban J connectivity index is 1.46. The number of carbonyl (C=O) groups excluding carboxylic acids is 2. The van der Waals surface area contributed by atoms with Gasteiger partial charge in [0.25, 0.3) is 11.8 Å². The van der Waals surface area contributed by atoms with Gasteiger partial charge in [-0.3, -0.25) is 9.59 Å². The first kappa shape index (κ1) is 15.1. The molecule has 6 atom stereocenters. The molecule has 0 spiro atoms. The van der Waals surface area contributed by atoms with E-state index in [4.69, 9.17) is 0 Å². The molecule has 2 saturated carbocycles. The van der Waals surface area contributed by atoms with E-state index in [2.05, 4.69) is 33.2 Å². The lowest BCUT2D eigenvalue weighted by Gasteiger charge is -2.37. The van der Waals surface area contributed by atoms with Crippen LogP contribution in [0.15, 0.2) is 33.9 Å². The van der Waals surface area contributed by atoms with Gasteiger partial charge in [0.05, 0.1) is 22.5 Å². The van der Waals surface area contributed by atoms with E-state index in [0.717, 1.165) is 11.4 Å². The molecule has 0 radical (unpaired) electrons. The lowest BCUT2D eigenvalue weighted by Crippen LogP contribution is -2.40. The Bertz CT molecular complexity index is 844. The van der Waals surface area contributed by atoms with Gasteiger partial charge in [-0.15, -0.1) is 0 Å². The number of rotatable bonds is 2. The maximum atomic E-state index is 12.8. The molecular formula is C18H15BrN2O4. The standard InChI is InChI=1S/C18H15BrN2O4/c19-12-3-7(13(22)5-14(12)23)6-20-21-17(24)15-8-1-2-9(11-4-10(8)11)16(15)18(21)25/h1-3,5-6,8-11,15-16,22-23H,4H2/b20-6-/t8-,9-,10-,11-,15-,16+/m1/s1. The van der Waals surface area contributed by atoms with Crippen LogP contribution >= 0.6 is 15.9 Å². The minimum atomic E-state index is -0.288. The quantitative estimate of drug-likeness (QED) is 0.450. The highest BCUT2D eigenvalue weighted by Gasteiger charge is 2.67. The third kappa shape index (κ3) is 1.99. The summed E-state index contributed by atoms with van der Waals surface area (Å²) in [5.74, 6) is 0.0808. The van der Waals surface area contributed by atoms with Gasteiger partial charge in [-0.05, 0) is 52.1 Å². The van der Waals surface area contributed by atoms with E-state index >= 15 is 0 Å². The maximum absolute atomic E-state index is 12.8. The second-order valence-electron chi connectivity index (χ2n) is 7.25. The van der Waals surface area contributed by atoms with E-state index in [0.29, 0.717) is 21.9 Å². The Morgan fingerprint density at radius 2 is 1.64 bits per heavy atom. The van der Waals surface area contributed by atoms with Crippen molar-refractivity contribution in [2.45, 2.75) is 6.42 Å². The van der Waals surface area contributed by atoms with Crippen molar-refractivity contribution in [2.75, 3.05) is 0 Å². The molecule has 3 fully saturated rings. The number of hydrazone groups is 1. The fraction of sp³-hybridized carbons (Fsp3) is 0.389. The monoisotopic (exact) mass is 402 g/mol. The zero-order valence-corrected chi connectivity index (χ0v) is 14.6. The molecule has 2 N–H and O–H groups in total. The van der Waals surface area contributed by atoms with Gasteiger partial charge in [0.2, 0.25) is 0 Å². The number of phenolic OH excluding ortho intramolecular Hbond substituents is 2. The van der Waals surface area contributed by atoms with Crippen LogP contribution < -0.4 is 0 Å². The number of amides is 2. The average molecular weight is 403 g/mol. The number of nitrogens with zero attached hydrogens (tertiary/aromatic N) is 2. The maximum Gasteiger partial charge on any atom is 0.254 e. The van der Waals surface area contributed by atoms with E-state index in [1.807, 2.05) is 0 Å². The number of imide groups is 1. The fourth-order valence-electron chi connectivity index (χ4n) is 4.84. The van der Waals surface area contributed by atoms with E-state index in [1.165, 1.54) is 18.3 Å². The van der Waals surface area contributed by atoms with Gasteiger partial charge in [-0.25, -0.2) is 0 Å². The number of benzene rings is 1. The van der Waals surface area contributed by atoms with Gasteiger partial charge in [-0.1, -0.05) is 12.2 Å². The Labute approximate surface area is 152 Å². The average Bonchev–Trinajstić information content (AvgIpc) is 3.36. The van der Waals surface area contributed by atoms with Crippen LogP contribution in [0.5, 0.6) is 11.5 Å². The lowest BCUT2D eigenvalue weighted by atomic mass is 9.63. The molecule has 4 aliphatic carbocycles. The summed E-state index contributed by atoms with van der Waals surface area (Å²) in [4.78, 5) is 25.6. The molecule has 5 aliphatic rings. The van der Waals surface area contributed by atoms with Crippen molar-refractivity contribution >= 4 is 34.0 Å². The first-order valence-corrected chi connectivity index (χ1v) is 9.08. The highest BCUT2D eigenvalue weighted by Crippen LogP contribution is 2.65. The highest BCUT2D eigenvalue weighted by atomic mass is 79.9. The van der Waals surface area contributed by atoms with Crippen LogP contribution in [0, 0.1) is 35.5 Å². The molecule has 1 aromatic carbocycles. The molecule has 1 saturated heterocycles. The van der Waals surface area contributed by atoms with E-state index < -0.39 is 0 Å². The summed E-state index contributed by atoms with van der Waals surface area (Å²) < 4.78 is 0.391. The van der Waals surface area contributed by atoms with Crippen LogP contribution in [0.2, 0.25) is 0 Å². The molecule has 2 bridgehead atoms. The summed E-state index contributed by atoms with van der Waals surface area (Å²) in [5, 5.41) is 24.5. The van der Waals surface area contributed by atoms with E-state index in [1.54, 1.807) is 0 Å². The molecule has 6 nitrogen and oxygen atoms in total. The van der Waals surface area contributed by atoms with Crippen LogP contribution in [0.25, 0.3) is 0 Å². The number of carbonyl (C=O) groups is 2. The fourth-order valence-corrected chi connectivity index (χ4v) is 5.21. The molecule has 6 rings (SSSR count). The van der Waals surface area contributed by atoms with Crippen LogP contribution in [0.1, 0.15) is 12.0 Å². The number of halogens is 1. The summed E-state index contributed by atoms with van der Waals surface area (Å²) >= 11 is 3.16. The summed E-state index contributed by atoms with van der Waals surface area (Å²) in [5.41, 5.74) is 0.309. The van der Waals surface area contributed by atoms with Crippen LogP contribution in [0.3, 0.4) is 0 Å². The van der Waals surface area contributed by atoms with Gasteiger partial charge in [0, 0.05) is 11.6 Å². The van der Waals surface area contributed by atoms with Crippen molar-refractivity contribution < 1.29 is 19.8 Å². The van der Waals surface area contributed by atoms with Crippen LogP contribution in [0.4, 0.5) is 0 Å². The molecule has 25 heavy (non-hydrogen) atoms. The topological polar surface area (TPSA) is 90.2 Å². The lowest BCUT2D eigenvalue weighted by molar-refractivity contribution is -0.140. The largest absolute Gasteiger partial charge is 0.507 e. The van der Waals surface area contributed by atoms with E-state index in [-0.39, 0.29) is 47.0 Å². The highest BCUT2D eigenvalue weighted by molar-refractivity contribution is 9.10. The van der Waals surface area contributed by atoms with Gasteiger partial charge >= 0.3 is 0 Å².